The molecule has 3 N–H and O–H groups in total. The van der Waals surface area contributed by atoms with E-state index in [1.165, 1.54) is 19.3 Å². The third-order valence-corrected chi connectivity index (χ3v) is 4.07. The number of nitrogens with one attached hydrogen (secondary N) is 1. The van der Waals surface area contributed by atoms with Gasteiger partial charge in [-0.25, -0.2) is 0 Å². The smallest absolute Gasteiger partial charge is 0.320 e. The van der Waals surface area contributed by atoms with Crippen LogP contribution in [0.25, 0.3) is 0 Å². The standard InChI is InChI=1S/C9H24N2O2Si/c1-12-14(13-2)9-5-3-4-7-11-8-6-10/h11,14H,3-10H2,1-2H3. The highest BCUT2D eigenvalue weighted by molar-refractivity contribution is 6.44. The minimum absolute atomic E-state index is 0.725. The van der Waals surface area contributed by atoms with Crippen molar-refractivity contribution in [1.82, 2.24) is 5.32 Å². The molecule has 4 nitrogen and oxygen atoms in total. The van der Waals surface area contributed by atoms with E-state index in [4.69, 9.17) is 14.6 Å². The van der Waals surface area contributed by atoms with E-state index in [-0.39, 0.29) is 0 Å². The molecule has 0 amide bonds. The fourth-order valence-corrected chi connectivity index (χ4v) is 2.58. The van der Waals surface area contributed by atoms with E-state index in [0.29, 0.717) is 0 Å². The van der Waals surface area contributed by atoms with Crippen LogP contribution in [0.4, 0.5) is 0 Å². The molecule has 0 aromatic carbocycles. The fourth-order valence-electron chi connectivity index (χ4n) is 1.30. The van der Waals surface area contributed by atoms with Gasteiger partial charge in [-0.1, -0.05) is 12.8 Å². The van der Waals surface area contributed by atoms with Crippen molar-refractivity contribution in [2.45, 2.75) is 25.3 Å². The van der Waals surface area contributed by atoms with Crippen molar-refractivity contribution in [1.29, 1.82) is 0 Å². The third-order valence-electron chi connectivity index (χ3n) is 2.14. The van der Waals surface area contributed by atoms with Crippen LogP contribution in [-0.4, -0.2) is 43.1 Å². The predicted octanol–water partition coefficient (Wildman–Crippen LogP) is 0.218. The molecule has 0 radical (unpaired) electrons. The van der Waals surface area contributed by atoms with E-state index < -0.39 is 9.28 Å². The van der Waals surface area contributed by atoms with Gasteiger partial charge in [0, 0.05) is 27.3 Å². The summed E-state index contributed by atoms with van der Waals surface area (Å²) in [5.41, 5.74) is 5.36. The maximum atomic E-state index is 5.36. The summed E-state index contributed by atoms with van der Waals surface area (Å²) in [7, 11) is 2.18. The summed E-state index contributed by atoms with van der Waals surface area (Å²) in [5, 5.41) is 3.27. The molecule has 0 saturated heterocycles. The minimum atomic E-state index is -1.30. The van der Waals surface area contributed by atoms with Crippen molar-refractivity contribution in [2.24, 2.45) is 5.73 Å². The van der Waals surface area contributed by atoms with Crippen molar-refractivity contribution in [3.05, 3.63) is 0 Å². The maximum absolute atomic E-state index is 5.36. The van der Waals surface area contributed by atoms with E-state index in [1.807, 2.05) is 0 Å². The first-order valence-corrected chi connectivity index (χ1v) is 7.07. The van der Waals surface area contributed by atoms with Crippen LogP contribution in [0, 0.1) is 0 Å². The van der Waals surface area contributed by atoms with Gasteiger partial charge in [0.25, 0.3) is 0 Å². The molecular formula is C9H24N2O2Si. The van der Waals surface area contributed by atoms with Crippen LogP contribution in [0.2, 0.25) is 6.04 Å². The molecule has 14 heavy (non-hydrogen) atoms. The lowest BCUT2D eigenvalue weighted by molar-refractivity contribution is 0.276. The Morgan fingerprint density at radius 3 is 2.36 bits per heavy atom. The summed E-state index contributed by atoms with van der Waals surface area (Å²) < 4.78 is 10.5. The molecule has 0 saturated carbocycles. The summed E-state index contributed by atoms with van der Waals surface area (Å²) in [6, 6.07) is 1.11. The second-order valence-corrected chi connectivity index (χ2v) is 5.67. The third kappa shape index (κ3) is 8.65. The van der Waals surface area contributed by atoms with Crippen molar-refractivity contribution >= 4 is 9.28 Å². The molecule has 86 valence electrons. The number of unbranched alkanes of at least 4 members (excludes halogenated alkanes) is 2. The van der Waals surface area contributed by atoms with Crippen LogP contribution in [-0.2, 0) is 8.85 Å². The lowest BCUT2D eigenvalue weighted by Gasteiger charge is -2.10. The number of nitrogens with two attached hydrogens (primary N) is 1. The second-order valence-electron chi connectivity index (χ2n) is 3.29. The Hall–Kier alpha value is 0.0569. The van der Waals surface area contributed by atoms with Crippen LogP contribution in [0.5, 0.6) is 0 Å². The van der Waals surface area contributed by atoms with Gasteiger partial charge in [-0.05, 0) is 19.0 Å². The lowest BCUT2D eigenvalue weighted by atomic mass is 10.2. The Balaban J connectivity index is 3.04. The Kier molecular flexibility index (Phi) is 11.2. The van der Waals surface area contributed by atoms with Gasteiger partial charge < -0.3 is 19.9 Å². The number of rotatable bonds is 10. The molecule has 0 unspecified atom stereocenters. The summed E-state index contributed by atoms with van der Waals surface area (Å²) in [6.07, 6.45) is 3.67. The van der Waals surface area contributed by atoms with Crippen LogP contribution in [0.1, 0.15) is 19.3 Å². The van der Waals surface area contributed by atoms with Gasteiger partial charge >= 0.3 is 9.28 Å². The van der Waals surface area contributed by atoms with E-state index >= 15 is 0 Å². The summed E-state index contributed by atoms with van der Waals surface area (Å²) >= 11 is 0. The molecule has 0 heterocycles. The largest absolute Gasteiger partial charge is 0.400 e. The average Bonchev–Trinajstić information content (AvgIpc) is 2.22. The highest BCUT2D eigenvalue weighted by atomic mass is 28.3. The monoisotopic (exact) mass is 220 g/mol. The molecular weight excluding hydrogens is 196 g/mol. The summed E-state index contributed by atoms with van der Waals surface area (Å²) in [5.74, 6) is 0. The Morgan fingerprint density at radius 2 is 1.79 bits per heavy atom. The first-order chi connectivity index (χ1) is 6.85. The topological polar surface area (TPSA) is 56.5 Å². The first kappa shape index (κ1) is 14.1. The Morgan fingerprint density at radius 1 is 1.07 bits per heavy atom. The molecule has 0 fully saturated rings. The van der Waals surface area contributed by atoms with Gasteiger partial charge in [0.05, 0.1) is 0 Å². The molecule has 0 rings (SSSR count). The zero-order valence-electron chi connectivity index (χ0n) is 9.42. The number of hydrogen-bond donors (Lipinski definition) is 2. The Labute approximate surface area is 89.0 Å². The van der Waals surface area contributed by atoms with Crippen LogP contribution in [0.15, 0.2) is 0 Å². The maximum Gasteiger partial charge on any atom is 0.320 e. The predicted molar refractivity (Wildman–Crippen MR) is 61.7 cm³/mol. The second kappa shape index (κ2) is 11.1. The molecule has 0 atom stereocenters. The van der Waals surface area contributed by atoms with E-state index in [9.17, 15) is 0 Å². The van der Waals surface area contributed by atoms with Gasteiger partial charge in [0.2, 0.25) is 0 Å². The van der Waals surface area contributed by atoms with Crippen LogP contribution >= 0.6 is 0 Å². The van der Waals surface area contributed by atoms with Crippen LogP contribution in [0.3, 0.4) is 0 Å². The molecule has 0 spiro atoms. The van der Waals surface area contributed by atoms with E-state index in [0.717, 1.165) is 25.7 Å². The normalized spacial score (nSPS) is 11.1. The van der Waals surface area contributed by atoms with Gasteiger partial charge in [-0.2, -0.15) is 0 Å². The molecule has 0 aliphatic rings. The van der Waals surface area contributed by atoms with Crippen molar-refractivity contribution in [3.8, 4) is 0 Å². The number of hydrogen-bond acceptors (Lipinski definition) is 4. The average molecular weight is 220 g/mol. The fraction of sp³-hybridized carbons (Fsp3) is 1.00. The van der Waals surface area contributed by atoms with Crippen molar-refractivity contribution in [2.75, 3.05) is 33.9 Å². The van der Waals surface area contributed by atoms with Crippen molar-refractivity contribution in [3.63, 3.8) is 0 Å². The zero-order valence-corrected chi connectivity index (χ0v) is 10.6. The Bertz CT molecular complexity index is 113. The summed E-state index contributed by atoms with van der Waals surface area (Å²) in [6.45, 7) is 2.72. The molecule has 0 aromatic heterocycles. The lowest BCUT2D eigenvalue weighted by Crippen LogP contribution is -2.23. The molecule has 0 aliphatic carbocycles. The molecule has 0 aliphatic heterocycles. The molecule has 5 heteroatoms. The molecule has 0 bridgehead atoms. The highest BCUT2D eigenvalue weighted by Gasteiger charge is 2.07. The zero-order chi connectivity index (χ0) is 10.6. The highest BCUT2D eigenvalue weighted by Crippen LogP contribution is 2.04. The SMILES string of the molecule is CO[SiH](CCCCCNCCN)OC. The van der Waals surface area contributed by atoms with Crippen molar-refractivity contribution < 1.29 is 8.85 Å². The van der Waals surface area contributed by atoms with Gasteiger partial charge in [0.15, 0.2) is 0 Å². The molecule has 0 aromatic rings. The van der Waals surface area contributed by atoms with Gasteiger partial charge in [-0.15, -0.1) is 0 Å². The summed E-state index contributed by atoms with van der Waals surface area (Å²) in [4.78, 5) is 0. The van der Waals surface area contributed by atoms with E-state index in [1.54, 1.807) is 14.2 Å². The van der Waals surface area contributed by atoms with Gasteiger partial charge in [-0.3, -0.25) is 0 Å². The van der Waals surface area contributed by atoms with E-state index in [2.05, 4.69) is 5.32 Å². The quantitative estimate of drug-likeness (QED) is 0.408. The first-order valence-electron chi connectivity index (χ1n) is 5.31. The van der Waals surface area contributed by atoms with Crippen LogP contribution < -0.4 is 11.1 Å². The van der Waals surface area contributed by atoms with Gasteiger partial charge in [0.1, 0.15) is 0 Å². The minimum Gasteiger partial charge on any atom is -0.400 e.